The summed E-state index contributed by atoms with van der Waals surface area (Å²) < 4.78 is 19.4. The van der Waals surface area contributed by atoms with Gasteiger partial charge in [-0.2, -0.15) is 0 Å². The number of ether oxygens (including phenoxy) is 3. The Morgan fingerprint density at radius 3 is 2.51 bits per heavy atom. The molecule has 43 heavy (non-hydrogen) atoms. The number of esters is 1. The number of hydrogen-bond acceptors (Lipinski definition) is 9. The highest BCUT2D eigenvalue weighted by Crippen LogP contribution is 2.43. The van der Waals surface area contributed by atoms with E-state index >= 15 is 0 Å². The number of allylic oxidation sites excluding steroid dienone is 1. The monoisotopic (exact) mass is 663 g/mol. The topological polar surface area (TPSA) is 122 Å². The number of carbonyl (C=O) groups is 1. The van der Waals surface area contributed by atoms with Gasteiger partial charge in [-0.25, -0.2) is 9.79 Å². The first-order valence-corrected chi connectivity index (χ1v) is 14.8. The third-order valence-electron chi connectivity index (χ3n) is 6.75. The quantitative estimate of drug-likeness (QED) is 0.138. The van der Waals surface area contributed by atoms with Gasteiger partial charge >= 0.3 is 5.97 Å². The first kappa shape index (κ1) is 29.9. The van der Waals surface area contributed by atoms with E-state index in [0.717, 1.165) is 26.9 Å². The normalized spacial score (nSPS) is 14.6. The Bertz CT molecular complexity index is 1920. The van der Waals surface area contributed by atoms with Crippen LogP contribution in [0.2, 0.25) is 0 Å². The number of carbonyl (C=O) groups excluding carboxylic acids is 1. The fraction of sp³-hybridized carbons (Fsp3) is 0.194. The lowest BCUT2D eigenvalue weighted by Crippen LogP contribution is -2.35. The van der Waals surface area contributed by atoms with Gasteiger partial charge in [-0.1, -0.05) is 69.7 Å². The number of aromatic nitrogens is 1. The Morgan fingerprint density at radius 1 is 1.14 bits per heavy atom. The average Bonchev–Trinajstić information content (AvgIpc) is 3.31. The summed E-state index contributed by atoms with van der Waals surface area (Å²) in [6, 6.07) is 18.4. The minimum absolute atomic E-state index is 0.0209. The molecule has 5 rings (SSSR count). The molecule has 1 aliphatic heterocycles. The molecule has 2 heterocycles. The molecular weight excluding hydrogens is 638 g/mol. The van der Waals surface area contributed by atoms with Gasteiger partial charge in [0.2, 0.25) is 0 Å². The standard InChI is InChI=1S/C31H26BrN3O7S/c1-4-41-30(37)27-18(2)34-29(36)26(14-19-10-12-21(32)13-11-19)43-31(34)33-28(27)22-15-24(40-3)25(16-23(22)35(38)39)42-17-20-8-6-5-7-9-20/h5-16,28H,4,17H2,1-3H3/b26-14-/t28-/m1/s1. The molecule has 3 aromatic carbocycles. The molecular formula is C31H26BrN3O7S. The molecule has 220 valence electrons. The average molecular weight is 665 g/mol. The summed E-state index contributed by atoms with van der Waals surface area (Å²) in [5, 5.41) is 12.4. The van der Waals surface area contributed by atoms with Crippen LogP contribution in [-0.2, 0) is 16.1 Å². The van der Waals surface area contributed by atoms with Gasteiger partial charge in [-0.05, 0) is 49.2 Å². The van der Waals surface area contributed by atoms with Gasteiger partial charge in [0.25, 0.3) is 11.2 Å². The number of halogens is 1. The van der Waals surface area contributed by atoms with Crippen molar-refractivity contribution >= 4 is 50.7 Å². The van der Waals surface area contributed by atoms with E-state index in [2.05, 4.69) is 15.9 Å². The summed E-state index contributed by atoms with van der Waals surface area (Å²) in [7, 11) is 1.42. The zero-order valence-corrected chi connectivity index (χ0v) is 25.8. The molecule has 10 nitrogen and oxygen atoms in total. The number of nitrogens with zero attached hydrogens (tertiary/aromatic N) is 3. The fourth-order valence-corrected chi connectivity index (χ4v) is 6.01. The molecule has 0 bridgehead atoms. The van der Waals surface area contributed by atoms with E-state index in [9.17, 15) is 19.7 Å². The van der Waals surface area contributed by atoms with Crippen molar-refractivity contribution in [2.75, 3.05) is 13.7 Å². The summed E-state index contributed by atoms with van der Waals surface area (Å²) >= 11 is 4.53. The second kappa shape index (κ2) is 12.8. The minimum atomic E-state index is -1.14. The number of thiazole rings is 1. The highest BCUT2D eigenvalue weighted by molar-refractivity contribution is 9.10. The lowest BCUT2D eigenvalue weighted by atomic mass is 9.94. The van der Waals surface area contributed by atoms with E-state index in [-0.39, 0.29) is 52.8 Å². The highest BCUT2D eigenvalue weighted by atomic mass is 79.9. The largest absolute Gasteiger partial charge is 0.493 e. The predicted octanol–water partition coefficient (Wildman–Crippen LogP) is 5.17. The van der Waals surface area contributed by atoms with Crippen LogP contribution >= 0.6 is 27.3 Å². The van der Waals surface area contributed by atoms with Crippen molar-refractivity contribution < 1.29 is 23.9 Å². The van der Waals surface area contributed by atoms with Gasteiger partial charge in [-0.3, -0.25) is 19.5 Å². The molecule has 0 unspecified atom stereocenters. The van der Waals surface area contributed by atoms with Crippen molar-refractivity contribution in [1.82, 2.24) is 4.57 Å². The SMILES string of the molecule is CCOC(=O)C1=C(C)n2c(s/c(=C\c3ccc(Br)cc3)c2=O)=N[C@@H]1c1cc(OC)c(OCc2ccccc2)cc1[N+](=O)[O-]. The molecule has 0 saturated heterocycles. The molecule has 0 amide bonds. The second-order valence-electron chi connectivity index (χ2n) is 9.43. The van der Waals surface area contributed by atoms with Crippen LogP contribution in [0.4, 0.5) is 5.69 Å². The van der Waals surface area contributed by atoms with Gasteiger partial charge in [0.05, 0.1) is 40.4 Å². The minimum Gasteiger partial charge on any atom is -0.493 e. The van der Waals surface area contributed by atoms with Crippen LogP contribution in [0.25, 0.3) is 11.8 Å². The summed E-state index contributed by atoms with van der Waals surface area (Å²) in [5.74, 6) is -0.338. The summed E-state index contributed by atoms with van der Waals surface area (Å²) in [4.78, 5) is 43.7. The van der Waals surface area contributed by atoms with Crippen LogP contribution in [0, 0.1) is 10.1 Å². The van der Waals surface area contributed by atoms with Crippen molar-refractivity contribution in [3.05, 3.63) is 123 Å². The number of hydrogen-bond donors (Lipinski definition) is 0. The van der Waals surface area contributed by atoms with E-state index in [4.69, 9.17) is 19.2 Å². The zero-order chi connectivity index (χ0) is 30.7. The van der Waals surface area contributed by atoms with Crippen molar-refractivity contribution in [2.45, 2.75) is 26.5 Å². The Morgan fingerprint density at radius 2 is 1.86 bits per heavy atom. The van der Waals surface area contributed by atoms with Crippen molar-refractivity contribution in [3.8, 4) is 11.5 Å². The van der Waals surface area contributed by atoms with Crippen molar-refractivity contribution in [2.24, 2.45) is 4.99 Å². The summed E-state index contributed by atoms with van der Waals surface area (Å²) in [5.41, 5.74) is 1.39. The summed E-state index contributed by atoms with van der Waals surface area (Å²) in [6.07, 6.45) is 1.73. The van der Waals surface area contributed by atoms with E-state index in [0.29, 0.717) is 9.33 Å². The number of nitro benzene ring substituents is 1. The van der Waals surface area contributed by atoms with Crippen LogP contribution in [0.3, 0.4) is 0 Å². The molecule has 0 radical (unpaired) electrons. The maximum atomic E-state index is 13.5. The molecule has 1 aromatic heterocycles. The third-order valence-corrected chi connectivity index (χ3v) is 8.26. The number of nitro groups is 1. The Kier molecular flexibility index (Phi) is 8.88. The zero-order valence-electron chi connectivity index (χ0n) is 23.4. The molecule has 4 aromatic rings. The summed E-state index contributed by atoms with van der Waals surface area (Å²) in [6.45, 7) is 3.48. The fourth-order valence-electron chi connectivity index (χ4n) is 4.70. The van der Waals surface area contributed by atoms with E-state index in [1.54, 1.807) is 19.9 Å². The number of methoxy groups -OCH3 is 1. The second-order valence-corrected chi connectivity index (χ2v) is 11.4. The van der Waals surface area contributed by atoms with Crippen LogP contribution in [0.15, 0.2) is 86.6 Å². The molecule has 1 atom stereocenters. The first-order chi connectivity index (χ1) is 20.7. The van der Waals surface area contributed by atoms with Gasteiger partial charge in [0.15, 0.2) is 16.3 Å². The Hall–Kier alpha value is -4.55. The van der Waals surface area contributed by atoms with Crippen molar-refractivity contribution in [3.63, 3.8) is 0 Å². The first-order valence-electron chi connectivity index (χ1n) is 13.2. The molecule has 0 N–H and O–H groups in total. The highest BCUT2D eigenvalue weighted by Gasteiger charge is 2.36. The molecule has 0 aliphatic carbocycles. The maximum Gasteiger partial charge on any atom is 0.338 e. The lowest BCUT2D eigenvalue weighted by Gasteiger charge is -2.23. The van der Waals surface area contributed by atoms with Crippen LogP contribution in [0.5, 0.6) is 11.5 Å². The molecule has 12 heteroatoms. The molecule has 0 spiro atoms. The van der Waals surface area contributed by atoms with Crippen molar-refractivity contribution in [1.29, 1.82) is 0 Å². The van der Waals surface area contributed by atoms with Gasteiger partial charge in [0, 0.05) is 10.2 Å². The van der Waals surface area contributed by atoms with Crippen LogP contribution in [-0.4, -0.2) is 29.2 Å². The van der Waals surface area contributed by atoms with Gasteiger partial charge in [-0.15, -0.1) is 0 Å². The third kappa shape index (κ3) is 6.15. The number of rotatable bonds is 9. The molecule has 0 fully saturated rings. The number of fused-ring (bicyclic) bond motifs is 1. The maximum absolute atomic E-state index is 13.5. The smallest absolute Gasteiger partial charge is 0.338 e. The lowest BCUT2D eigenvalue weighted by molar-refractivity contribution is -0.385. The number of benzene rings is 3. The van der Waals surface area contributed by atoms with E-state index in [1.807, 2.05) is 54.6 Å². The van der Waals surface area contributed by atoms with Gasteiger partial charge in [0.1, 0.15) is 12.6 Å². The van der Waals surface area contributed by atoms with Crippen LogP contribution in [0.1, 0.15) is 36.6 Å². The molecule has 0 saturated carbocycles. The predicted molar refractivity (Wildman–Crippen MR) is 166 cm³/mol. The molecule has 1 aliphatic rings. The Labute approximate surface area is 258 Å². The van der Waals surface area contributed by atoms with Gasteiger partial charge < -0.3 is 14.2 Å². The van der Waals surface area contributed by atoms with E-state index < -0.39 is 16.9 Å². The Balaban J connectivity index is 1.68. The van der Waals surface area contributed by atoms with Crippen LogP contribution < -0.4 is 24.4 Å². The van der Waals surface area contributed by atoms with E-state index in [1.165, 1.54) is 23.8 Å².